The van der Waals surface area contributed by atoms with Crippen molar-refractivity contribution in [2.24, 2.45) is 86.6 Å². The van der Waals surface area contributed by atoms with Crippen LogP contribution in [0.1, 0.15) is 189 Å². The van der Waals surface area contributed by atoms with Crippen LogP contribution in [0.15, 0.2) is 64.3 Å². The van der Waals surface area contributed by atoms with Crippen molar-refractivity contribution >= 4 is 11.9 Å². The SMILES string of the molecule is CC1CC2=C3C4C5=C6C(C=CC(C7CCCCC7)CC7C68C(=O)OC(=C(O)CC(C6CC9(CCCC9)C9(CCCC9)C6)N6CC9CC(C6)C(CC2)N3C9)C8(CC5)C72OC(=O)c3c(CCCN)cccc32)CC14. The Morgan fingerprint density at radius 2 is 1.60 bits per heavy atom. The van der Waals surface area contributed by atoms with E-state index in [1.165, 1.54) is 128 Å². The van der Waals surface area contributed by atoms with Gasteiger partial charge in [-0.25, -0.2) is 4.79 Å². The van der Waals surface area contributed by atoms with E-state index in [2.05, 4.69) is 47.1 Å². The van der Waals surface area contributed by atoms with Crippen molar-refractivity contribution in [3.8, 4) is 0 Å². The van der Waals surface area contributed by atoms with Gasteiger partial charge in [-0.15, -0.1) is 0 Å². The smallest absolute Gasteiger partial charge is 0.339 e. The first-order valence-electron chi connectivity index (χ1n) is 30.5. The summed E-state index contributed by atoms with van der Waals surface area (Å²) in [6, 6.07) is 7.21. The number of carbonyl (C=O) groups is 2. The number of carbonyl (C=O) groups excluding carboxylic acids is 2. The van der Waals surface area contributed by atoms with Crippen LogP contribution < -0.4 is 5.73 Å². The molecule has 8 nitrogen and oxygen atoms in total. The third-order valence-corrected chi connectivity index (χ3v) is 25.7. The van der Waals surface area contributed by atoms with Crippen molar-refractivity contribution in [3.63, 3.8) is 0 Å². The summed E-state index contributed by atoms with van der Waals surface area (Å²) in [6.07, 6.45) is 35.4. The molecule has 9 heterocycles. The Bertz CT molecular complexity index is 2620. The highest BCUT2D eigenvalue weighted by atomic mass is 16.6. The molecule has 3 saturated heterocycles. The second-order valence-electron chi connectivity index (χ2n) is 28.1. The molecule has 1 aromatic rings. The van der Waals surface area contributed by atoms with E-state index in [4.69, 9.17) is 15.2 Å². The van der Waals surface area contributed by atoms with E-state index in [1.807, 2.05) is 0 Å². The number of fused-ring (bicyclic) bond motifs is 4. The Labute approximate surface area is 429 Å². The molecule has 1 aromatic carbocycles. The summed E-state index contributed by atoms with van der Waals surface area (Å²) in [5.74, 6) is 4.15. The number of hydrogen-bond acceptors (Lipinski definition) is 8. The number of aliphatic hydroxyl groups is 1. The lowest BCUT2D eigenvalue weighted by Gasteiger charge is -2.73. The van der Waals surface area contributed by atoms with E-state index in [0.717, 1.165) is 56.4 Å². The first-order chi connectivity index (χ1) is 35.1. The first kappa shape index (κ1) is 44.9. The van der Waals surface area contributed by atoms with Crippen LogP contribution in [0.2, 0.25) is 0 Å². The summed E-state index contributed by atoms with van der Waals surface area (Å²) in [5, 5.41) is 13.9. The van der Waals surface area contributed by atoms with E-state index in [0.29, 0.717) is 101 Å². The van der Waals surface area contributed by atoms with Crippen LogP contribution in [0.5, 0.6) is 0 Å². The molecule has 384 valence electrons. The molecule has 0 aromatic heterocycles. The molecule has 9 aliphatic heterocycles. The molecule has 5 spiro atoms. The number of benzene rings is 1. The molecule has 3 N–H and O–H groups in total. The fraction of sp³-hybridized carbons (Fsp3) is 0.750. The minimum Gasteiger partial charge on any atom is -0.509 e. The Morgan fingerprint density at radius 1 is 0.806 bits per heavy atom. The van der Waals surface area contributed by atoms with Gasteiger partial charge in [-0.3, -0.25) is 9.69 Å². The highest BCUT2D eigenvalue weighted by Crippen LogP contribution is 2.88. The Kier molecular flexibility index (Phi) is 9.74. The van der Waals surface area contributed by atoms with E-state index in [9.17, 15) is 5.11 Å². The zero-order chi connectivity index (χ0) is 48.1. The maximum atomic E-state index is 16.6. The van der Waals surface area contributed by atoms with E-state index >= 15 is 9.59 Å². The van der Waals surface area contributed by atoms with Gasteiger partial charge in [-0.2, -0.15) is 0 Å². The van der Waals surface area contributed by atoms with Gasteiger partial charge >= 0.3 is 11.9 Å². The van der Waals surface area contributed by atoms with Crippen LogP contribution in [0.3, 0.4) is 0 Å². The Hall–Kier alpha value is -3.36. The highest BCUT2D eigenvalue weighted by Gasteiger charge is 2.94. The van der Waals surface area contributed by atoms with Gasteiger partial charge in [-0.1, -0.05) is 93.4 Å². The van der Waals surface area contributed by atoms with Crippen LogP contribution in [-0.2, 0) is 26.3 Å². The monoisotopic (exact) mass is 974 g/mol. The summed E-state index contributed by atoms with van der Waals surface area (Å²) >= 11 is 0. The molecule has 19 rings (SSSR count). The number of allylic oxidation sites excluding steroid dienone is 4. The lowest BCUT2D eigenvalue weighted by atomic mass is 9.27. The molecule has 0 radical (unpaired) electrons. The second kappa shape index (κ2) is 15.6. The predicted octanol–water partition coefficient (Wildman–Crippen LogP) is 12.4. The minimum absolute atomic E-state index is 0.109. The second-order valence-corrected chi connectivity index (χ2v) is 28.1. The van der Waals surface area contributed by atoms with E-state index < -0.39 is 16.4 Å². The number of nitrogens with zero attached hydrogens (tertiary/aromatic N) is 2. The zero-order valence-electron chi connectivity index (χ0n) is 43.6. The lowest BCUT2D eigenvalue weighted by molar-refractivity contribution is -0.282. The maximum Gasteiger partial charge on any atom is 0.339 e. The molecule has 9 aliphatic carbocycles. The lowest BCUT2D eigenvalue weighted by Crippen LogP contribution is -2.78. The zero-order valence-corrected chi connectivity index (χ0v) is 43.6. The molecule has 8 heteroatoms. The van der Waals surface area contributed by atoms with Gasteiger partial charge in [-0.05, 0) is 191 Å². The van der Waals surface area contributed by atoms with Crippen molar-refractivity contribution < 1.29 is 24.2 Å². The standard InChI is InChI=1S/C64H83N3O5/c1-37-27-43-18-19-49-44-28-38-34-66(36-44)50(45-32-60(21-5-6-22-60)61(33-45)23-7-8-24-61)31-51(68)57-62-25-20-46-54(56(43)67(49)35-38)47(37)29-42-17-16-41(39-11-3-2-4-12-39)30-52(63(62,55(42)46)59(70)71-57)64(62)48-15-9-13-40(14-10-26-65)53(48)58(69)72-64/h9,13,15-17,37-39,41-42,44-45,47,49-50,52,54,68H,2-8,10-12,14,18-36,65H2,1H3. The number of aryl methyl sites for hydroxylation is 1. The number of hydrogen-bond donors (Lipinski definition) is 2. The third kappa shape index (κ3) is 5.40. The average Bonchev–Trinajstić information content (AvgIpc) is 4.23. The van der Waals surface area contributed by atoms with Crippen LogP contribution in [-0.4, -0.2) is 65.1 Å². The molecule has 8 fully saturated rings. The molecular formula is C64H83N3O5. The van der Waals surface area contributed by atoms with Crippen molar-refractivity contribution in [3.05, 3.63) is 81.0 Å². The molecule has 0 amide bonds. The van der Waals surface area contributed by atoms with Crippen molar-refractivity contribution in [1.29, 1.82) is 0 Å². The molecule has 14 atom stereocenters. The Morgan fingerprint density at radius 3 is 2.38 bits per heavy atom. The predicted molar refractivity (Wildman–Crippen MR) is 277 cm³/mol. The minimum atomic E-state index is -1.13. The van der Waals surface area contributed by atoms with Gasteiger partial charge < -0.3 is 25.2 Å². The topological polar surface area (TPSA) is 105 Å². The summed E-state index contributed by atoms with van der Waals surface area (Å²) in [4.78, 5) is 37.9. The van der Waals surface area contributed by atoms with E-state index in [1.54, 1.807) is 16.8 Å². The summed E-state index contributed by atoms with van der Waals surface area (Å²) in [6.45, 7) is 6.48. The van der Waals surface area contributed by atoms with Crippen LogP contribution in [0, 0.1) is 80.8 Å². The average molecular weight is 974 g/mol. The fourth-order valence-corrected chi connectivity index (χ4v) is 23.5. The summed E-state index contributed by atoms with van der Waals surface area (Å²) < 4.78 is 14.7. The number of aliphatic hydroxyl groups excluding tert-OH is 1. The van der Waals surface area contributed by atoms with Gasteiger partial charge in [0.25, 0.3) is 0 Å². The van der Waals surface area contributed by atoms with Gasteiger partial charge in [0.05, 0.1) is 11.0 Å². The largest absolute Gasteiger partial charge is 0.509 e. The quantitative estimate of drug-likeness (QED) is 0.222. The molecule has 18 aliphatic rings. The van der Waals surface area contributed by atoms with Gasteiger partial charge in [0.1, 0.15) is 11.2 Å². The van der Waals surface area contributed by atoms with Crippen LogP contribution >= 0.6 is 0 Å². The third-order valence-electron chi connectivity index (χ3n) is 25.7. The molecule has 14 unspecified atom stereocenters. The van der Waals surface area contributed by atoms with Crippen molar-refractivity contribution in [2.45, 2.75) is 192 Å². The molecular weight excluding hydrogens is 891 g/mol. The number of piperidine rings is 2. The first-order valence-corrected chi connectivity index (χ1v) is 30.5. The summed E-state index contributed by atoms with van der Waals surface area (Å²) in [7, 11) is 0. The number of ether oxygens (including phenoxy) is 2. The Balaban J connectivity index is 0.960. The highest BCUT2D eigenvalue weighted by molar-refractivity contribution is 6.00. The maximum absolute atomic E-state index is 16.6. The van der Waals surface area contributed by atoms with Crippen LogP contribution in [0.25, 0.3) is 0 Å². The fourth-order valence-electron chi connectivity index (χ4n) is 23.5. The number of esters is 2. The van der Waals surface area contributed by atoms with Crippen LogP contribution in [0.4, 0.5) is 0 Å². The molecule has 72 heavy (non-hydrogen) atoms. The summed E-state index contributed by atoms with van der Waals surface area (Å²) in [5.41, 5.74) is 12.8. The van der Waals surface area contributed by atoms with Gasteiger partial charge in [0.15, 0.2) is 11.4 Å². The molecule has 12 bridgehead atoms. The van der Waals surface area contributed by atoms with Gasteiger partial charge in [0, 0.05) is 61.2 Å². The number of rotatable bonds is 5. The van der Waals surface area contributed by atoms with Crippen molar-refractivity contribution in [2.75, 3.05) is 26.2 Å². The molecule has 5 saturated carbocycles. The van der Waals surface area contributed by atoms with E-state index in [-0.39, 0.29) is 35.7 Å². The number of nitrogens with two attached hydrogens (primary N) is 1. The van der Waals surface area contributed by atoms with Crippen molar-refractivity contribution in [1.82, 2.24) is 9.80 Å². The normalized spacial score (nSPS) is 44.8. The van der Waals surface area contributed by atoms with Gasteiger partial charge in [0.2, 0.25) is 0 Å².